The quantitative estimate of drug-likeness (QED) is 0.610. The third kappa shape index (κ3) is 4.44. The van der Waals surface area contributed by atoms with Gasteiger partial charge >= 0.3 is 12.4 Å². The van der Waals surface area contributed by atoms with Crippen LogP contribution in [0.25, 0.3) is 11.3 Å². The molecular formula is C18H13F6N5O2. The predicted molar refractivity (Wildman–Crippen MR) is 95.2 cm³/mol. The van der Waals surface area contributed by atoms with Crippen molar-refractivity contribution in [2.24, 2.45) is 7.05 Å². The average molecular weight is 445 g/mol. The molecule has 0 unspecified atom stereocenters. The minimum Gasteiger partial charge on any atom is -0.496 e. The Bertz CT molecular complexity index is 1120. The SMILES string of the molecule is COc1ccncc1-c1nn(C)c(C(=O)Nc2ccnc(C(F)(F)F)c2)c1C(F)(F)F. The number of anilines is 1. The first kappa shape index (κ1) is 22.1. The molecule has 3 heterocycles. The fourth-order valence-electron chi connectivity index (χ4n) is 2.83. The number of aryl methyl sites for hydroxylation is 1. The van der Waals surface area contributed by atoms with Gasteiger partial charge in [0.05, 0.1) is 12.7 Å². The number of nitrogens with zero attached hydrogens (tertiary/aromatic N) is 4. The Kier molecular flexibility index (Phi) is 5.61. The van der Waals surface area contributed by atoms with Gasteiger partial charge in [0, 0.05) is 31.3 Å². The Morgan fingerprint density at radius 2 is 1.81 bits per heavy atom. The second-order valence-electron chi connectivity index (χ2n) is 6.15. The van der Waals surface area contributed by atoms with Crippen LogP contribution in [0.15, 0.2) is 36.8 Å². The highest BCUT2D eigenvalue weighted by Gasteiger charge is 2.43. The van der Waals surface area contributed by atoms with E-state index in [2.05, 4.69) is 15.1 Å². The fraction of sp³-hybridized carbons (Fsp3) is 0.222. The smallest absolute Gasteiger partial charge is 0.433 e. The minimum absolute atomic E-state index is 0.0366. The molecule has 3 aromatic rings. The zero-order valence-corrected chi connectivity index (χ0v) is 15.8. The maximum atomic E-state index is 13.9. The van der Waals surface area contributed by atoms with Crippen molar-refractivity contribution in [3.8, 4) is 17.0 Å². The molecular weight excluding hydrogens is 432 g/mol. The molecule has 13 heteroatoms. The summed E-state index contributed by atoms with van der Waals surface area (Å²) in [7, 11) is 2.34. The van der Waals surface area contributed by atoms with E-state index in [1.54, 1.807) is 0 Å². The molecule has 0 atom stereocenters. The Morgan fingerprint density at radius 1 is 1.10 bits per heavy atom. The summed E-state index contributed by atoms with van der Waals surface area (Å²) in [4.78, 5) is 19.5. The molecule has 0 aliphatic rings. The number of nitrogens with one attached hydrogen (secondary N) is 1. The lowest BCUT2D eigenvalue weighted by Gasteiger charge is -2.13. The molecule has 31 heavy (non-hydrogen) atoms. The predicted octanol–water partition coefficient (Wildman–Crippen LogP) is 4.18. The van der Waals surface area contributed by atoms with Crippen LogP contribution < -0.4 is 10.1 Å². The molecule has 0 saturated heterocycles. The molecule has 0 aliphatic carbocycles. The van der Waals surface area contributed by atoms with Gasteiger partial charge in [0.2, 0.25) is 0 Å². The van der Waals surface area contributed by atoms with Crippen LogP contribution in [0.3, 0.4) is 0 Å². The molecule has 0 aromatic carbocycles. The van der Waals surface area contributed by atoms with Gasteiger partial charge in [0.15, 0.2) is 0 Å². The lowest BCUT2D eigenvalue weighted by Crippen LogP contribution is -2.21. The summed E-state index contributed by atoms with van der Waals surface area (Å²) in [5, 5.41) is 5.83. The van der Waals surface area contributed by atoms with E-state index in [0.717, 1.165) is 25.5 Å². The maximum absolute atomic E-state index is 13.9. The van der Waals surface area contributed by atoms with Gasteiger partial charge in [0.1, 0.15) is 28.4 Å². The number of rotatable bonds is 4. The van der Waals surface area contributed by atoms with Gasteiger partial charge in [-0.2, -0.15) is 31.4 Å². The highest BCUT2D eigenvalue weighted by atomic mass is 19.4. The standard InChI is InChI=1S/C18H13F6N5O2/c1-29-15(16(30)27-9-3-6-26-12(7-9)17(19,20)21)13(18(22,23)24)14(28-29)10-8-25-5-4-11(10)31-2/h3-8H,1-2H3,(H,26,27,30). The van der Waals surface area contributed by atoms with Crippen molar-refractivity contribution in [1.29, 1.82) is 0 Å². The number of aromatic nitrogens is 4. The Balaban J connectivity index is 2.10. The number of carbonyl (C=O) groups is 1. The Hall–Kier alpha value is -3.64. The topological polar surface area (TPSA) is 81.9 Å². The number of amides is 1. The van der Waals surface area contributed by atoms with Crippen LogP contribution in [0.1, 0.15) is 21.7 Å². The summed E-state index contributed by atoms with van der Waals surface area (Å²) in [5.74, 6) is -1.27. The van der Waals surface area contributed by atoms with E-state index < -0.39 is 40.9 Å². The summed E-state index contributed by atoms with van der Waals surface area (Å²) in [6.07, 6.45) is -6.65. The molecule has 1 amide bonds. The molecule has 3 aromatic heterocycles. The second kappa shape index (κ2) is 7.89. The Morgan fingerprint density at radius 3 is 2.42 bits per heavy atom. The van der Waals surface area contributed by atoms with E-state index in [4.69, 9.17) is 4.74 Å². The first-order chi connectivity index (χ1) is 14.4. The molecule has 1 N–H and O–H groups in total. The van der Waals surface area contributed by atoms with Gasteiger partial charge in [-0.15, -0.1) is 0 Å². The highest BCUT2D eigenvalue weighted by Crippen LogP contribution is 2.41. The van der Waals surface area contributed by atoms with E-state index in [0.29, 0.717) is 10.7 Å². The van der Waals surface area contributed by atoms with Crippen LogP contribution in [0.5, 0.6) is 5.75 Å². The fourth-order valence-corrected chi connectivity index (χ4v) is 2.83. The van der Waals surface area contributed by atoms with Crippen LogP contribution in [-0.2, 0) is 19.4 Å². The van der Waals surface area contributed by atoms with Gasteiger partial charge in [-0.05, 0) is 18.2 Å². The van der Waals surface area contributed by atoms with Crippen molar-refractivity contribution < 1.29 is 35.9 Å². The van der Waals surface area contributed by atoms with Crippen LogP contribution in [0.2, 0.25) is 0 Å². The third-order valence-corrected chi connectivity index (χ3v) is 4.11. The number of methoxy groups -OCH3 is 1. The first-order valence-corrected chi connectivity index (χ1v) is 8.40. The summed E-state index contributed by atoms with van der Waals surface area (Å²) < 4.78 is 85.9. The monoisotopic (exact) mass is 445 g/mol. The largest absolute Gasteiger partial charge is 0.496 e. The van der Waals surface area contributed by atoms with Crippen molar-refractivity contribution in [1.82, 2.24) is 19.7 Å². The van der Waals surface area contributed by atoms with Gasteiger partial charge in [-0.25, -0.2) is 0 Å². The number of carbonyl (C=O) groups excluding carboxylic acids is 1. The molecule has 164 valence electrons. The van der Waals surface area contributed by atoms with E-state index in [1.165, 1.54) is 19.4 Å². The number of pyridine rings is 2. The summed E-state index contributed by atoms with van der Waals surface area (Å²) in [5.41, 5.74) is -4.72. The van der Waals surface area contributed by atoms with Crippen molar-refractivity contribution in [2.45, 2.75) is 12.4 Å². The summed E-state index contributed by atoms with van der Waals surface area (Å²) >= 11 is 0. The summed E-state index contributed by atoms with van der Waals surface area (Å²) in [6.45, 7) is 0. The number of alkyl halides is 6. The van der Waals surface area contributed by atoms with Gasteiger partial charge in [-0.1, -0.05) is 0 Å². The maximum Gasteiger partial charge on any atom is 0.433 e. The number of hydrogen-bond acceptors (Lipinski definition) is 5. The van der Waals surface area contributed by atoms with Crippen LogP contribution >= 0.6 is 0 Å². The average Bonchev–Trinajstić information content (AvgIpc) is 3.05. The molecule has 3 rings (SSSR count). The van der Waals surface area contributed by atoms with Crippen molar-refractivity contribution in [3.63, 3.8) is 0 Å². The molecule has 0 spiro atoms. The van der Waals surface area contributed by atoms with Crippen LogP contribution in [0.4, 0.5) is 32.0 Å². The van der Waals surface area contributed by atoms with Crippen molar-refractivity contribution >= 4 is 11.6 Å². The van der Waals surface area contributed by atoms with Gasteiger partial charge < -0.3 is 10.1 Å². The second-order valence-corrected chi connectivity index (χ2v) is 6.15. The number of hydrogen-bond donors (Lipinski definition) is 1. The lowest BCUT2D eigenvalue weighted by atomic mass is 10.1. The highest BCUT2D eigenvalue weighted by molar-refractivity contribution is 6.05. The zero-order valence-electron chi connectivity index (χ0n) is 15.8. The normalized spacial score (nSPS) is 12.0. The van der Waals surface area contributed by atoms with Crippen LogP contribution in [0, 0.1) is 0 Å². The minimum atomic E-state index is -5.02. The Labute approximate surface area is 170 Å². The number of halogens is 6. The molecule has 0 fully saturated rings. The van der Waals surface area contributed by atoms with E-state index in [-0.39, 0.29) is 17.0 Å². The molecule has 0 radical (unpaired) electrons. The number of ether oxygens (including phenoxy) is 1. The van der Waals surface area contributed by atoms with E-state index in [1.807, 2.05) is 5.32 Å². The van der Waals surface area contributed by atoms with Gasteiger partial charge in [0.25, 0.3) is 5.91 Å². The van der Waals surface area contributed by atoms with Crippen molar-refractivity contribution in [2.75, 3.05) is 12.4 Å². The molecule has 7 nitrogen and oxygen atoms in total. The van der Waals surface area contributed by atoms with E-state index in [9.17, 15) is 31.1 Å². The first-order valence-electron chi connectivity index (χ1n) is 8.40. The van der Waals surface area contributed by atoms with Crippen LogP contribution in [-0.4, -0.2) is 32.8 Å². The van der Waals surface area contributed by atoms with Crippen molar-refractivity contribution in [3.05, 3.63) is 53.7 Å². The molecule has 0 bridgehead atoms. The lowest BCUT2D eigenvalue weighted by molar-refractivity contribution is -0.141. The zero-order chi connectivity index (χ0) is 23.0. The van der Waals surface area contributed by atoms with Gasteiger partial charge in [-0.3, -0.25) is 19.4 Å². The summed E-state index contributed by atoms with van der Waals surface area (Å²) in [6, 6.07) is 2.84. The molecule has 0 aliphatic heterocycles. The van der Waals surface area contributed by atoms with E-state index >= 15 is 0 Å². The molecule has 0 saturated carbocycles. The third-order valence-electron chi connectivity index (χ3n) is 4.11.